The first-order chi connectivity index (χ1) is 4.97. The van der Waals surface area contributed by atoms with E-state index in [-0.39, 0.29) is 0 Å². The summed E-state index contributed by atoms with van der Waals surface area (Å²) in [6.07, 6.45) is 1.06. The third kappa shape index (κ3) is 3.34. The zero-order valence-corrected chi connectivity index (χ0v) is 9.42. The van der Waals surface area contributed by atoms with E-state index in [0.29, 0.717) is 5.41 Å². The first kappa shape index (κ1) is 9.20. The van der Waals surface area contributed by atoms with Gasteiger partial charge in [0.2, 0.25) is 0 Å². The number of nitrogens with zero attached hydrogens (tertiary/aromatic N) is 1. The highest BCUT2D eigenvalue weighted by atomic mass is 79.9. The summed E-state index contributed by atoms with van der Waals surface area (Å²) in [6, 6.07) is 0. The quantitative estimate of drug-likeness (QED) is 0.724. The summed E-state index contributed by atoms with van der Waals surface area (Å²) in [5, 5.41) is 3.24. The van der Waals surface area contributed by atoms with Crippen LogP contribution in [0.4, 0.5) is 0 Å². The molecule has 0 spiro atoms. The maximum Gasteiger partial charge on any atom is 0.117 e. The molecular weight excluding hydrogens is 222 g/mol. The fraction of sp³-hybridized carbons (Fsp3) is 0.625. The molecule has 0 unspecified atom stereocenters. The third-order valence-corrected chi connectivity index (χ3v) is 2.76. The molecule has 0 bridgehead atoms. The molecule has 0 N–H and O–H groups in total. The zero-order chi connectivity index (χ0) is 8.48. The van der Waals surface area contributed by atoms with Crippen molar-refractivity contribution in [1.29, 1.82) is 0 Å². The second kappa shape index (κ2) is 3.23. The van der Waals surface area contributed by atoms with Crippen molar-refractivity contribution < 1.29 is 0 Å². The Morgan fingerprint density at radius 3 is 2.55 bits per heavy atom. The molecule has 1 aromatic rings. The van der Waals surface area contributed by atoms with Gasteiger partial charge in [-0.15, -0.1) is 11.3 Å². The van der Waals surface area contributed by atoms with Gasteiger partial charge in [-0.2, -0.15) is 0 Å². The highest BCUT2D eigenvalue weighted by Crippen LogP contribution is 2.24. The fourth-order valence-electron chi connectivity index (χ4n) is 0.823. The van der Waals surface area contributed by atoms with Crippen LogP contribution in [0.15, 0.2) is 9.98 Å². The second-order valence-electron chi connectivity index (χ2n) is 3.80. The molecule has 0 aromatic carbocycles. The molecule has 0 fully saturated rings. The number of hydrogen-bond acceptors (Lipinski definition) is 2. The minimum absolute atomic E-state index is 0.345. The van der Waals surface area contributed by atoms with Crippen molar-refractivity contribution >= 4 is 27.3 Å². The van der Waals surface area contributed by atoms with Gasteiger partial charge in [-0.25, -0.2) is 4.98 Å². The molecular formula is C8H12BrNS. The average molecular weight is 234 g/mol. The van der Waals surface area contributed by atoms with Crippen molar-refractivity contribution in [3.05, 3.63) is 15.0 Å². The van der Waals surface area contributed by atoms with E-state index >= 15 is 0 Å². The SMILES string of the molecule is CC(C)(C)Cc1nc(Br)cs1. The van der Waals surface area contributed by atoms with Gasteiger partial charge in [-0.05, 0) is 21.3 Å². The van der Waals surface area contributed by atoms with Crippen LogP contribution in [0.2, 0.25) is 0 Å². The van der Waals surface area contributed by atoms with Gasteiger partial charge >= 0.3 is 0 Å². The van der Waals surface area contributed by atoms with Crippen LogP contribution in [0.5, 0.6) is 0 Å². The predicted octanol–water partition coefficient (Wildman–Crippen LogP) is 3.49. The van der Waals surface area contributed by atoms with Crippen LogP contribution in [0.25, 0.3) is 0 Å². The van der Waals surface area contributed by atoms with Crippen LogP contribution in [-0.4, -0.2) is 4.98 Å². The predicted molar refractivity (Wildman–Crippen MR) is 53.0 cm³/mol. The minimum atomic E-state index is 0.345. The Labute approximate surface area is 80.0 Å². The van der Waals surface area contributed by atoms with E-state index in [2.05, 4.69) is 41.7 Å². The van der Waals surface area contributed by atoms with Gasteiger partial charge in [0.1, 0.15) is 4.60 Å². The first-order valence-electron chi connectivity index (χ1n) is 3.57. The van der Waals surface area contributed by atoms with Gasteiger partial charge in [0.05, 0.1) is 5.01 Å². The Hall–Kier alpha value is 0.110. The van der Waals surface area contributed by atoms with Crippen molar-refractivity contribution in [3.8, 4) is 0 Å². The Kier molecular flexibility index (Phi) is 2.70. The Morgan fingerprint density at radius 1 is 1.55 bits per heavy atom. The van der Waals surface area contributed by atoms with Crippen LogP contribution < -0.4 is 0 Å². The Morgan fingerprint density at radius 2 is 2.18 bits per heavy atom. The van der Waals surface area contributed by atoms with Crippen LogP contribution >= 0.6 is 27.3 Å². The molecule has 0 atom stereocenters. The molecule has 1 nitrogen and oxygen atoms in total. The molecule has 1 rings (SSSR count). The maximum atomic E-state index is 4.33. The average Bonchev–Trinajstić information content (AvgIpc) is 2.10. The van der Waals surface area contributed by atoms with Crippen molar-refractivity contribution in [1.82, 2.24) is 4.98 Å². The fourth-order valence-corrected chi connectivity index (χ4v) is 2.39. The highest BCUT2D eigenvalue weighted by molar-refractivity contribution is 9.10. The van der Waals surface area contributed by atoms with E-state index < -0.39 is 0 Å². The lowest BCUT2D eigenvalue weighted by Gasteiger charge is -2.15. The highest BCUT2D eigenvalue weighted by Gasteiger charge is 2.13. The number of hydrogen-bond donors (Lipinski definition) is 0. The van der Waals surface area contributed by atoms with E-state index in [1.807, 2.05) is 5.38 Å². The molecule has 11 heavy (non-hydrogen) atoms. The molecule has 0 amide bonds. The van der Waals surface area contributed by atoms with Gasteiger partial charge in [0, 0.05) is 11.8 Å². The van der Waals surface area contributed by atoms with E-state index in [9.17, 15) is 0 Å². The molecule has 0 aliphatic heterocycles. The van der Waals surface area contributed by atoms with Gasteiger partial charge in [0.25, 0.3) is 0 Å². The normalized spacial score (nSPS) is 12.0. The summed E-state index contributed by atoms with van der Waals surface area (Å²) in [4.78, 5) is 4.33. The number of rotatable bonds is 1. The topological polar surface area (TPSA) is 12.9 Å². The molecule has 1 heterocycles. The summed E-state index contributed by atoms with van der Waals surface area (Å²) in [7, 11) is 0. The van der Waals surface area contributed by atoms with Gasteiger partial charge < -0.3 is 0 Å². The second-order valence-corrected chi connectivity index (χ2v) is 5.56. The number of halogens is 1. The largest absolute Gasteiger partial charge is 0.234 e. The summed E-state index contributed by atoms with van der Waals surface area (Å²) in [6.45, 7) is 6.67. The van der Waals surface area contributed by atoms with Crippen LogP contribution in [-0.2, 0) is 6.42 Å². The molecule has 0 aliphatic carbocycles. The van der Waals surface area contributed by atoms with Crippen molar-refractivity contribution in [2.45, 2.75) is 27.2 Å². The van der Waals surface area contributed by atoms with E-state index in [4.69, 9.17) is 0 Å². The third-order valence-electron chi connectivity index (χ3n) is 1.21. The molecule has 62 valence electrons. The standard InChI is InChI=1S/C8H12BrNS/c1-8(2,3)4-7-10-6(9)5-11-7/h5H,4H2,1-3H3. The van der Waals surface area contributed by atoms with Crippen LogP contribution in [0.3, 0.4) is 0 Å². The van der Waals surface area contributed by atoms with Gasteiger partial charge in [-0.1, -0.05) is 20.8 Å². The summed E-state index contributed by atoms with van der Waals surface area (Å²) < 4.78 is 0.960. The zero-order valence-electron chi connectivity index (χ0n) is 7.02. The summed E-state index contributed by atoms with van der Waals surface area (Å²) >= 11 is 5.06. The number of thiazole rings is 1. The van der Waals surface area contributed by atoms with Crippen molar-refractivity contribution in [3.63, 3.8) is 0 Å². The summed E-state index contributed by atoms with van der Waals surface area (Å²) in [5.41, 5.74) is 0.345. The van der Waals surface area contributed by atoms with E-state index in [0.717, 1.165) is 11.0 Å². The van der Waals surface area contributed by atoms with Crippen LogP contribution in [0, 0.1) is 5.41 Å². The molecule has 1 aromatic heterocycles. The maximum absolute atomic E-state index is 4.33. The van der Waals surface area contributed by atoms with Crippen molar-refractivity contribution in [2.24, 2.45) is 5.41 Å². The molecule has 0 saturated carbocycles. The van der Waals surface area contributed by atoms with Gasteiger partial charge in [0.15, 0.2) is 0 Å². The first-order valence-corrected chi connectivity index (χ1v) is 5.24. The van der Waals surface area contributed by atoms with E-state index in [1.165, 1.54) is 5.01 Å². The lowest BCUT2D eigenvalue weighted by atomic mass is 9.93. The lowest BCUT2D eigenvalue weighted by molar-refractivity contribution is 0.410. The molecule has 3 heteroatoms. The van der Waals surface area contributed by atoms with Crippen LogP contribution in [0.1, 0.15) is 25.8 Å². The molecule has 0 aliphatic rings. The minimum Gasteiger partial charge on any atom is -0.234 e. The van der Waals surface area contributed by atoms with Gasteiger partial charge in [-0.3, -0.25) is 0 Å². The van der Waals surface area contributed by atoms with Crippen molar-refractivity contribution in [2.75, 3.05) is 0 Å². The Balaban J connectivity index is 2.65. The summed E-state index contributed by atoms with van der Waals surface area (Å²) in [5.74, 6) is 0. The lowest BCUT2D eigenvalue weighted by Crippen LogP contribution is -2.08. The monoisotopic (exact) mass is 233 g/mol. The smallest absolute Gasteiger partial charge is 0.117 e. The molecule has 0 radical (unpaired) electrons. The molecule has 0 saturated heterocycles. The number of aromatic nitrogens is 1. The Bertz CT molecular complexity index is 236. The van der Waals surface area contributed by atoms with E-state index in [1.54, 1.807) is 11.3 Å².